The average Bonchev–Trinajstić information content (AvgIpc) is 2.47. The van der Waals surface area contributed by atoms with E-state index in [0.29, 0.717) is 16.5 Å². The summed E-state index contributed by atoms with van der Waals surface area (Å²) in [6.07, 6.45) is 0. The summed E-state index contributed by atoms with van der Waals surface area (Å²) in [4.78, 5) is 8.61. The zero-order valence-electron chi connectivity index (χ0n) is 10.6. The van der Waals surface area contributed by atoms with Crippen LogP contribution in [0.3, 0.4) is 0 Å². The van der Waals surface area contributed by atoms with Crippen LogP contribution in [0.4, 0.5) is 4.39 Å². The summed E-state index contributed by atoms with van der Waals surface area (Å²) in [5.41, 5.74) is 1.27. The van der Waals surface area contributed by atoms with Crippen molar-refractivity contribution in [3.05, 3.63) is 53.4 Å². The summed E-state index contributed by atoms with van der Waals surface area (Å²) < 4.78 is 18.6. The van der Waals surface area contributed by atoms with Crippen LogP contribution in [0.5, 0.6) is 5.75 Å². The summed E-state index contributed by atoms with van der Waals surface area (Å²) >= 11 is 6.14. The van der Waals surface area contributed by atoms with Crippen LogP contribution in [0, 0.1) is 5.82 Å². The fourth-order valence-electron chi connectivity index (χ4n) is 1.97. The number of para-hydroxylation sites is 1. The van der Waals surface area contributed by atoms with Crippen LogP contribution >= 0.6 is 11.6 Å². The molecule has 0 amide bonds. The topological polar surface area (TPSA) is 35.0 Å². The van der Waals surface area contributed by atoms with Crippen molar-refractivity contribution in [2.45, 2.75) is 0 Å². The zero-order chi connectivity index (χ0) is 14.1. The number of methoxy groups -OCH3 is 1. The van der Waals surface area contributed by atoms with Crippen molar-refractivity contribution in [2.75, 3.05) is 7.11 Å². The highest BCUT2D eigenvalue weighted by Crippen LogP contribution is 2.27. The van der Waals surface area contributed by atoms with E-state index in [9.17, 15) is 4.39 Å². The molecule has 3 rings (SSSR count). The second-order valence-electron chi connectivity index (χ2n) is 4.20. The van der Waals surface area contributed by atoms with Crippen molar-refractivity contribution in [1.82, 2.24) is 9.97 Å². The summed E-state index contributed by atoms with van der Waals surface area (Å²) in [5, 5.41) is 1.12. The fraction of sp³-hybridized carbons (Fsp3) is 0.0667. The Bertz CT molecular complexity index is 792. The lowest BCUT2D eigenvalue weighted by Gasteiger charge is -2.06. The molecule has 0 aliphatic rings. The molecule has 0 fully saturated rings. The molecular formula is C15H10ClFN2O. The van der Waals surface area contributed by atoms with Gasteiger partial charge in [0.25, 0.3) is 0 Å². The highest BCUT2D eigenvalue weighted by molar-refractivity contribution is 6.34. The summed E-state index contributed by atoms with van der Waals surface area (Å²) in [6, 6.07) is 12.0. The number of hydrogen-bond donors (Lipinski definition) is 0. The monoisotopic (exact) mass is 288 g/mol. The number of aromatic nitrogens is 2. The second kappa shape index (κ2) is 5.06. The highest BCUT2D eigenvalue weighted by atomic mass is 35.5. The van der Waals surface area contributed by atoms with E-state index in [4.69, 9.17) is 16.3 Å². The number of fused-ring (bicyclic) bond motifs is 1. The maximum Gasteiger partial charge on any atom is 0.165 e. The average molecular weight is 289 g/mol. The first-order valence-electron chi connectivity index (χ1n) is 5.95. The second-order valence-corrected chi connectivity index (χ2v) is 4.56. The summed E-state index contributed by atoms with van der Waals surface area (Å²) in [5.74, 6) is 0.105. The van der Waals surface area contributed by atoms with Gasteiger partial charge < -0.3 is 4.74 Å². The first-order chi connectivity index (χ1) is 9.69. The molecule has 20 heavy (non-hydrogen) atoms. The van der Waals surface area contributed by atoms with E-state index in [2.05, 4.69) is 9.97 Å². The van der Waals surface area contributed by atoms with Crippen molar-refractivity contribution >= 4 is 22.5 Å². The van der Waals surface area contributed by atoms with Crippen LogP contribution in [0.15, 0.2) is 42.5 Å². The summed E-state index contributed by atoms with van der Waals surface area (Å²) in [6.45, 7) is 0. The van der Waals surface area contributed by atoms with Crippen LogP contribution in [0.1, 0.15) is 0 Å². The van der Waals surface area contributed by atoms with Crippen LogP contribution in [0.25, 0.3) is 22.3 Å². The SMILES string of the molecule is COc1ccc(-c2nc(Cl)c3ccccc3n2)cc1F. The lowest BCUT2D eigenvalue weighted by Crippen LogP contribution is -1.94. The standard InChI is InChI=1S/C15H10ClFN2O/c1-20-13-7-6-9(8-11(13)17)15-18-12-5-3-2-4-10(12)14(16)19-15/h2-8H,1H3. The molecule has 0 saturated carbocycles. The Morgan fingerprint density at radius 1 is 1.10 bits per heavy atom. The minimum atomic E-state index is -0.460. The first kappa shape index (κ1) is 12.8. The van der Waals surface area contributed by atoms with E-state index >= 15 is 0 Å². The Hall–Kier alpha value is -2.20. The van der Waals surface area contributed by atoms with Gasteiger partial charge in [0.05, 0.1) is 12.6 Å². The van der Waals surface area contributed by atoms with Crippen LogP contribution < -0.4 is 4.74 Å². The number of rotatable bonds is 2. The zero-order valence-corrected chi connectivity index (χ0v) is 11.4. The number of halogens is 2. The smallest absolute Gasteiger partial charge is 0.165 e. The molecule has 0 aliphatic heterocycles. The number of benzene rings is 2. The molecular weight excluding hydrogens is 279 g/mol. The van der Waals surface area contributed by atoms with Gasteiger partial charge in [0.2, 0.25) is 0 Å². The maximum absolute atomic E-state index is 13.7. The molecule has 5 heteroatoms. The normalized spacial score (nSPS) is 10.8. The van der Waals surface area contributed by atoms with Gasteiger partial charge in [-0.2, -0.15) is 0 Å². The molecule has 0 bridgehead atoms. The fourth-order valence-corrected chi connectivity index (χ4v) is 2.21. The molecule has 100 valence electrons. The van der Waals surface area contributed by atoms with Crippen LogP contribution in [-0.4, -0.2) is 17.1 Å². The Kier molecular flexibility index (Phi) is 3.24. The Labute approximate surface area is 120 Å². The molecule has 0 aliphatic carbocycles. The number of nitrogens with zero attached hydrogens (tertiary/aromatic N) is 2. The van der Waals surface area contributed by atoms with Gasteiger partial charge in [-0.25, -0.2) is 14.4 Å². The minimum absolute atomic E-state index is 0.181. The van der Waals surface area contributed by atoms with Crippen molar-refractivity contribution in [2.24, 2.45) is 0 Å². The Balaban J connectivity index is 2.17. The molecule has 0 N–H and O–H groups in total. The van der Waals surface area contributed by atoms with Gasteiger partial charge in [-0.1, -0.05) is 23.7 Å². The molecule has 1 heterocycles. The van der Waals surface area contributed by atoms with Crippen molar-refractivity contribution < 1.29 is 9.13 Å². The third kappa shape index (κ3) is 2.18. The van der Waals surface area contributed by atoms with E-state index in [1.165, 1.54) is 19.2 Å². The number of hydrogen-bond acceptors (Lipinski definition) is 3. The number of ether oxygens (including phenoxy) is 1. The predicted molar refractivity (Wildman–Crippen MR) is 76.5 cm³/mol. The van der Waals surface area contributed by atoms with Gasteiger partial charge in [-0.3, -0.25) is 0 Å². The van der Waals surface area contributed by atoms with Crippen molar-refractivity contribution in [3.8, 4) is 17.1 Å². The highest BCUT2D eigenvalue weighted by Gasteiger charge is 2.10. The first-order valence-corrected chi connectivity index (χ1v) is 6.33. The van der Waals surface area contributed by atoms with E-state index in [1.54, 1.807) is 6.07 Å². The van der Waals surface area contributed by atoms with Crippen LogP contribution in [-0.2, 0) is 0 Å². The lowest BCUT2D eigenvalue weighted by molar-refractivity contribution is 0.386. The van der Waals surface area contributed by atoms with E-state index in [1.807, 2.05) is 24.3 Å². The van der Waals surface area contributed by atoms with Crippen molar-refractivity contribution in [1.29, 1.82) is 0 Å². The lowest BCUT2D eigenvalue weighted by atomic mass is 10.2. The predicted octanol–water partition coefficient (Wildman–Crippen LogP) is 4.10. The molecule has 1 aromatic heterocycles. The van der Waals surface area contributed by atoms with Gasteiger partial charge in [0.1, 0.15) is 5.15 Å². The molecule has 3 aromatic rings. The largest absolute Gasteiger partial charge is 0.494 e. The van der Waals surface area contributed by atoms with Gasteiger partial charge >= 0.3 is 0 Å². The van der Waals surface area contributed by atoms with Gasteiger partial charge in [-0.15, -0.1) is 0 Å². The molecule has 3 nitrogen and oxygen atoms in total. The molecule has 0 saturated heterocycles. The van der Waals surface area contributed by atoms with Crippen molar-refractivity contribution in [3.63, 3.8) is 0 Å². The van der Waals surface area contributed by atoms with E-state index in [0.717, 1.165) is 10.9 Å². The Morgan fingerprint density at radius 3 is 2.65 bits per heavy atom. The van der Waals surface area contributed by atoms with E-state index in [-0.39, 0.29) is 5.75 Å². The van der Waals surface area contributed by atoms with Gasteiger partial charge in [0, 0.05) is 10.9 Å². The third-order valence-electron chi connectivity index (χ3n) is 2.97. The third-order valence-corrected chi connectivity index (χ3v) is 3.25. The van der Waals surface area contributed by atoms with Gasteiger partial charge in [-0.05, 0) is 30.3 Å². The molecule has 2 aromatic carbocycles. The van der Waals surface area contributed by atoms with Gasteiger partial charge in [0.15, 0.2) is 17.4 Å². The molecule has 0 spiro atoms. The maximum atomic E-state index is 13.7. The van der Waals surface area contributed by atoms with Crippen LogP contribution in [0.2, 0.25) is 5.15 Å². The quantitative estimate of drug-likeness (QED) is 0.666. The van der Waals surface area contributed by atoms with E-state index < -0.39 is 5.82 Å². The Morgan fingerprint density at radius 2 is 1.90 bits per heavy atom. The molecule has 0 atom stereocenters. The molecule has 0 radical (unpaired) electrons. The summed E-state index contributed by atoms with van der Waals surface area (Å²) in [7, 11) is 1.42. The molecule has 0 unspecified atom stereocenters. The minimum Gasteiger partial charge on any atom is -0.494 e.